The Morgan fingerprint density at radius 2 is 1.72 bits per heavy atom. The lowest BCUT2D eigenvalue weighted by Gasteiger charge is -2.31. The molecule has 1 aromatic carbocycles. The Labute approximate surface area is 150 Å². The molecule has 1 aliphatic rings. The summed E-state index contributed by atoms with van der Waals surface area (Å²) in [7, 11) is -7.14. The number of aryl methyl sites for hydroxylation is 1. The summed E-state index contributed by atoms with van der Waals surface area (Å²) in [6.07, 6.45) is 0.241. The molecular weight excluding hydrogens is 362 g/mol. The van der Waals surface area contributed by atoms with Crippen LogP contribution in [0.5, 0.6) is 0 Å². The van der Waals surface area contributed by atoms with E-state index in [2.05, 4.69) is 0 Å². The molecule has 1 fully saturated rings. The van der Waals surface area contributed by atoms with Gasteiger partial charge in [0.2, 0.25) is 0 Å². The average Bonchev–Trinajstić information content (AvgIpc) is 2.82. The molecule has 1 saturated heterocycles. The first-order valence-corrected chi connectivity index (χ1v) is 11.8. The van der Waals surface area contributed by atoms with Gasteiger partial charge in [-0.3, -0.25) is 13.7 Å². The molecule has 6 nitrogen and oxygen atoms in total. The Morgan fingerprint density at radius 3 is 2.20 bits per heavy atom. The smallest absolute Gasteiger partial charge is 0.308 e. The van der Waals surface area contributed by atoms with Crippen LogP contribution in [0, 0.1) is 6.92 Å². The van der Waals surface area contributed by atoms with E-state index in [1.165, 1.54) is 0 Å². The van der Waals surface area contributed by atoms with Crippen LogP contribution in [0.3, 0.4) is 0 Å². The van der Waals surface area contributed by atoms with Gasteiger partial charge in [0.25, 0.3) is 0 Å². The summed E-state index contributed by atoms with van der Waals surface area (Å²) in [4.78, 5) is 0. The minimum atomic E-state index is -3.62. The molecule has 0 saturated carbocycles. The summed E-state index contributed by atoms with van der Waals surface area (Å²) in [6.45, 7) is 9.53. The molecule has 1 heterocycles. The SMILES string of the molecule is CCOP1(=O)OC(C)(P(=O)(OCC)OCC)CC1c1ccc(C)cc1. The van der Waals surface area contributed by atoms with E-state index in [1.54, 1.807) is 27.7 Å². The monoisotopic (exact) mass is 390 g/mol. The topological polar surface area (TPSA) is 71.1 Å². The summed E-state index contributed by atoms with van der Waals surface area (Å²) >= 11 is 0. The fraction of sp³-hybridized carbons (Fsp3) is 0.647. The van der Waals surface area contributed by atoms with Crippen LogP contribution in [-0.4, -0.2) is 25.2 Å². The number of rotatable bonds is 8. The highest BCUT2D eigenvalue weighted by Crippen LogP contribution is 2.79. The molecule has 0 N–H and O–H groups in total. The van der Waals surface area contributed by atoms with Crippen LogP contribution in [0.4, 0.5) is 0 Å². The molecule has 0 amide bonds. The van der Waals surface area contributed by atoms with Crippen LogP contribution in [0.2, 0.25) is 0 Å². The summed E-state index contributed by atoms with van der Waals surface area (Å²) in [5.41, 5.74) is 1.43. The van der Waals surface area contributed by atoms with Gasteiger partial charge in [0.15, 0.2) is 5.34 Å². The van der Waals surface area contributed by atoms with Crippen LogP contribution in [0.1, 0.15) is 50.9 Å². The van der Waals surface area contributed by atoms with Crippen LogP contribution in [0.15, 0.2) is 24.3 Å². The normalized spacial score (nSPS) is 29.9. The second kappa shape index (κ2) is 8.04. The van der Waals surface area contributed by atoms with Gasteiger partial charge in [-0.15, -0.1) is 0 Å². The fourth-order valence-corrected chi connectivity index (χ4v) is 8.09. The van der Waals surface area contributed by atoms with Crippen LogP contribution < -0.4 is 0 Å². The highest BCUT2D eigenvalue weighted by Gasteiger charge is 2.62. The van der Waals surface area contributed by atoms with Gasteiger partial charge in [0, 0.05) is 6.42 Å². The zero-order valence-corrected chi connectivity index (χ0v) is 17.3. The quantitative estimate of drug-likeness (QED) is 0.533. The second-order valence-electron chi connectivity index (χ2n) is 6.19. The Bertz CT molecular complexity index is 664. The van der Waals surface area contributed by atoms with Gasteiger partial charge in [0.1, 0.15) is 0 Å². The predicted molar refractivity (Wildman–Crippen MR) is 98.1 cm³/mol. The Morgan fingerprint density at radius 1 is 1.16 bits per heavy atom. The first kappa shape index (κ1) is 20.8. The molecule has 1 aliphatic heterocycles. The lowest BCUT2D eigenvalue weighted by Crippen LogP contribution is -2.26. The van der Waals surface area contributed by atoms with Gasteiger partial charge >= 0.3 is 15.2 Å². The first-order valence-electron chi connectivity index (χ1n) is 8.64. The molecule has 8 heteroatoms. The fourth-order valence-electron chi connectivity index (χ4n) is 3.04. The minimum Gasteiger partial charge on any atom is -0.308 e. The van der Waals surface area contributed by atoms with E-state index in [4.69, 9.17) is 18.1 Å². The number of hydrogen-bond donors (Lipinski definition) is 0. The van der Waals surface area contributed by atoms with Crippen molar-refractivity contribution in [3.8, 4) is 0 Å². The molecule has 142 valence electrons. The lowest BCUT2D eigenvalue weighted by atomic mass is 10.1. The van der Waals surface area contributed by atoms with Crippen molar-refractivity contribution in [3.05, 3.63) is 35.4 Å². The molecule has 0 aromatic heterocycles. The largest absolute Gasteiger partial charge is 0.362 e. The highest BCUT2D eigenvalue weighted by atomic mass is 31.2. The second-order valence-corrected chi connectivity index (χ2v) is 10.8. The Hall–Kier alpha value is -0.480. The van der Waals surface area contributed by atoms with E-state index in [1.807, 2.05) is 31.2 Å². The van der Waals surface area contributed by atoms with Crippen molar-refractivity contribution in [2.75, 3.05) is 19.8 Å². The van der Waals surface area contributed by atoms with E-state index >= 15 is 0 Å². The van der Waals surface area contributed by atoms with Crippen molar-refractivity contribution in [1.82, 2.24) is 0 Å². The van der Waals surface area contributed by atoms with Crippen molar-refractivity contribution >= 4 is 15.2 Å². The summed E-state index contributed by atoms with van der Waals surface area (Å²) in [5, 5.41) is -1.32. The van der Waals surface area contributed by atoms with Crippen LogP contribution in [-0.2, 0) is 27.2 Å². The highest BCUT2D eigenvalue weighted by molar-refractivity contribution is 7.59. The summed E-state index contributed by atoms with van der Waals surface area (Å²) < 4.78 is 49.1. The molecule has 3 unspecified atom stereocenters. The van der Waals surface area contributed by atoms with Crippen LogP contribution >= 0.6 is 15.2 Å². The van der Waals surface area contributed by atoms with E-state index in [0.717, 1.165) is 11.1 Å². The molecule has 1 aromatic rings. The maximum absolute atomic E-state index is 13.4. The van der Waals surface area contributed by atoms with E-state index < -0.39 is 26.2 Å². The van der Waals surface area contributed by atoms with Crippen molar-refractivity contribution < 1.29 is 27.2 Å². The number of benzene rings is 1. The van der Waals surface area contributed by atoms with Gasteiger partial charge in [-0.2, -0.15) is 0 Å². The summed E-state index contributed by atoms with van der Waals surface area (Å²) in [5.74, 6) is 0. The molecule has 0 bridgehead atoms. The minimum absolute atomic E-state index is 0.213. The molecular formula is C17H28O6P2. The van der Waals surface area contributed by atoms with Gasteiger partial charge < -0.3 is 13.6 Å². The molecule has 0 spiro atoms. The molecule has 0 radical (unpaired) electrons. The third-order valence-electron chi connectivity index (χ3n) is 4.23. The zero-order valence-electron chi connectivity index (χ0n) is 15.6. The number of hydrogen-bond acceptors (Lipinski definition) is 6. The molecule has 3 atom stereocenters. The Balaban J connectivity index is 2.45. The van der Waals surface area contributed by atoms with Crippen molar-refractivity contribution in [1.29, 1.82) is 0 Å². The van der Waals surface area contributed by atoms with Crippen molar-refractivity contribution in [2.24, 2.45) is 0 Å². The van der Waals surface area contributed by atoms with Gasteiger partial charge in [-0.1, -0.05) is 29.8 Å². The maximum Gasteiger partial charge on any atom is 0.362 e. The third-order valence-corrected chi connectivity index (χ3v) is 9.52. The van der Waals surface area contributed by atoms with Gasteiger partial charge in [0.05, 0.1) is 25.5 Å². The van der Waals surface area contributed by atoms with Crippen molar-refractivity contribution in [2.45, 2.75) is 52.0 Å². The van der Waals surface area contributed by atoms with Gasteiger partial charge in [-0.25, -0.2) is 0 Å². The Kier molecular flexibility index (Phi) is 6.70. The third kappa shape index (κ3) is 4.10. The maximum atomic E-state index is 13.4. The molecule has 25 heavy (non-hydrogen) atoms. The standard InChI is InChI=1S/C17H28O6P2/c1-6-20-24(18)16(15-11-9-14(4)10-12-15)13-17(5,23-24)25(19,21-7-2)22-8-3/h9-12,16H,6-8,13H2,1-5H3. The van der Waals surface area contributed by atoms with Gasteiger partial charge in [-0.05, 0) is 40.2 Å². The van der Waals surface area contributed by atoms with Crippen molar-refractivity contribution in [3.63, 3.8) is 0 Å². The zero-order chi connectivity index (χ0) is 18.7. The van der Waals surface area contributed by atoms with Crippen LogP contribution in [0.25, 0.3) is 0 Å². The predicted octanol–water partition coefficient (Wildman–Crippen LogP) is 5.67. The molecule has 0 aliphatic carbocycles. The van der Waals surface area contributed by atoms with E-state index in [-0.39, 0.29) is 26.2 Å². The van der Waals surface area contributed by atoms with E-state index in [9.17, 15) is 9.13 Å². The lowest BCUT2D eigenvalue weighted by molar-refractivity contribution is 0.101. The first-order chi connectivity index (χ1) is 11.7. The van der Waals surface area contributed by atoms with E-state index in [0.29, 0.717) is 0 Å². The summed E-state index contributed by atoms with van der Waals surface area (Å²) in [6, 6.07) is 7.72. The molecule has 2 rings (SSSR count). The average molecular weight is 390 g/mol.